The van der Waals surface area contributed by atoms with Crippen molar-refractivity contribution in [1.29, 1.82) is 5.26 Å². The number of furan rings is 1. The lowest BCUT2D eigenvalue weighted by molar-refractivity contribution is 0.579. The predicted molar refractivity (Wildman–Crippen MR) is 115 cm³/mol. The molecule has 0 aliphatic rings. The molecule has 0 amide bonds. The van der Waals surface area contributed by atoms with E-state index in [0.717, 1.165) is 22.3 Å². The van der Waals surface area contributed by atoms with E-state index in [2.05, 4.69) is 11.1 Å². The Morgan fingerprint density at radius 1 is 1.03 bits per heavy atom. The quantitative estimate of drug-likeness (QED) is 0.400. The van der Waals surface area contributed by atoms with E-state index < -0.39 is 0 Å². The third-order valence-electron chi connectivity index (χ3n) is 4.97. The van der Waals surface area contributed by atoms with Gasteiger partial charge in [-0.05, 0) is 42.5 Å². The summed E-state index contributed by atoms with van der Waals surface area (Å²) in [6.07, 6.45) is 5.32. The molecule has 0 saturated heterocycles. The van der Waals surface area contributed by atoms with Crippen LogP contribution in [0.15, 0.2) is 83.6 Å². The molecular formula is C24H17N5O. The van der Waals surface area contributed by atoms with Gasteiger partial charge in [-0.15, -0.1) is 0 Å². The number of benzene rings is 2. The molecule has 0 spiro atoms. The first-order chi connectivity index (χ1) is 14.7. The summed E-state index contributed by atoms with van der Waals surface area (Å²) in [6, 6.07) is 23.6. The number of para-hydroxylation sites is 3. The zero-order valence-electron chi connectivity index (χ0n) is 16.2. The molecular weight excluding hydrogens is 374 g/mol. The van der Waals surface area contributed by atoms with E-state index in [4.69, 9.17) is 9.52 Å². The first-order valence-corrected chi connectivity index (χ1v) is 9.47. The van der Waals surface area contributed by atoms with Gasteiger partial charge in [0.15, 0.2) is 11.6 Å². The second kappa shape index (κ2) is 7.22. The van der Waals surface area contributed by atoms with Crippen LogP contribution in [0.5, 0.6) is 0 Å². The second-order valence-electron chi connectivity index (χ2n) is 6.84. The van der Waals surface area contributed by atoms with Crippen molar-refractivity contribution in [3.63, 3.8) is 0 Å². The smallest absolute Gasteiger partial charge is 0.154 e. The van der Waals surface area contributed by atoms with Gasteiger partial charge in [0.25, 0.3) is 0 Å². The highest BCUT2D eigenvalue weighted by molar-refractivity contribution is 5.92. The molecule has 0 bridgehead atoms. The Hall–Kier alpha value is -4.37. The van der Waals surface area contributed by atoms with Crippen LogP contribution in [0.25, 0.3) is 39.8 Å². The normalized spacial score (nSPS) is 11.7. The lowest BCUT2D eigenvalue weighted by atomic mass is 10.1. The number of nitriles is 1. The third-order valence-corrected chi connectivity index (χ3v) is 4.97. The Labute approximate surface area is 172 Å². The van der Waals surface area contributed by atoms with Gasteiger partial charge in [-0.3, -0.25) is 0 Å². The van der Waals surface area contributed by atoms with Gasteiger partial charge in [-0.1, -0.05) is 30.3 Å². The van der Waals surface area contributed by atoms with Crippen LogP contribution in [0.4, 0.5) is 0 Å². The Morgan fingerprint density at radius 3 is 2.57 bits per heavy atom. The van der Waals surface area contributed by atoms with Crippen molar-refractivity contribution in [2.24, 2.45) is 7.05 Å². The highest BCUT2D eigenvalue weighted by Crippen LogP contribution is 2.28. The van der Waals surface area contributed by atoms with Gasteiger partial charge in [0.05, 0.1) is 28.6 Å². The van der Waals surface area contributed by atoms with Crippen molar-refractivity contribution >= 4 is 22.7 Å². The maximum atomic E-state index is 9.91. The highest BCUT2D eigenvalue weighted by Gasteiger charge is 2.17. The molecule has 5 rings (SSSR count). The summed E-state index contributed by atoms with van der Waals surface area (Å²) in [4.78, 5) is 4.66. The third kappa shape index (κ3) is 2.99. The fourth-order valence-electron chi connectivity index (χ4n) is 3.50. The summed E-state index contributed by atoms with van der Waals surface area (Å²) in [5.74, 6) is 1.25. The van der Waals surface area contributed by atoms with E-state index in [-0.39, 0.29) is 0 Å². The number of hydrogen-bond donors (Lipinski definition) is 0. The summed E-state index contributed by atoms with van der Waals surface area (Å²) in [7, 11) is 1.91. The standard InChI is InChI=1S/C24H17N5O/c1-28-21-11-6-5-10-20(21)26-24(28)17(15-25)14-18-16-29(19-8-3-2-4-9-19)27-23(18)22-12-7-13-30-22/h2-14,16H,1H3/b17-14+. The van der Waals surface area contributed by atoms with Gasteiger partial charge in [0.1, 0.15) is 11.8 Å². The maximum absolute atomic E-state index is 9.91. The van der Waals surface area contributed by atoms with Crippen molar-refractivity contribution in [3.05, 3.63) is 90.6 Å². The van der Waals surface area contributed by atoms with Gasteiger partial charge in [0.2, 0.25) is 0 Å². The minimum atomic E-state index is 0.453. The van der Waals surface area contributed by atoms with Crippen LogP contribution in [-0.4, -0.2) is 19.3 Å². The summed E-state index contributed by atoms with van der Waals surface area (Å²) in [5.41, 5.74) is 4.63. The molecule has 0 saturated carbocycles. The van der Waals surface area contributed by atoms with E-state index in [1.165, 1.54) is 0 Å². The van der Waals surface area contributed by atoms with E-state index in [1.54, 1.807) is 10.9 Å². The van der Waals surface area contributed by atoms with Crippen LogP contribution >= 0.6 is 0 Å². The summed E-state index contributed by atoms with van der Waals surface area (Å²) >= 11 is 0. The second-order valence-corrected chi connectivity index (χ2v) is 6.84. The first-order valence-electron chi connectivity index (χ1n) is 9.47. The van der Waals surface area contributed by atoms with Gasteiger partial charge < -0.3 is 8.98 Å². The lowest BCUT2D eigenvalue weighted by Gasteiger charge is -2.01. The number of rotatable bonds is 4. The van der Waals surface area contributed by atoms with Crippen LogP contribution in [0.1, 0.15) is 11.4 Å². The lowest BCUT2D eigenvalue weighted by Crippen LogP contribution is -1.96. The number of nitrogens with zero attached hydrogens (tertiary/aromatic N) is 5. The molecule has 0 aliphatic heterocycles. The van der Waals surface area contributed by atoms with Crippen molar-refractivity contribution in [2.75, 3.05) is 0 Å². The molecule has 0 aliphatic carbocycles. The molecule has 3 heterocycles. The molecule has 0 radical (unpaired) electrons. The van der Waals surface area contributed by atoms with Gasteiger partial charge >= 0.3 is 0 Å². The van der Waals surface area contributed by atoms with E-state index >= 15 is 0 Å². The summed E-state index contributed by atoms with van der Waals surface area (Å²) in [6.45, 7) is 0. The Morgan fingerprint density at radius 2 is 1.83 bits per heavy atom. The number of aryl methyl sites for hydroxylation is 1. The monoisotopic (exact) mass is 391 g/mol. The molecule has 6 nitrogen and oxygen atoms in total. The number of fused-ring (bicyclic) bond motifs is 1. The Bertz CT molecular complexity index is 1400. The molecule has 0 fully saturated rings. The van der Waals surface area contributed by atoms with Gasteiger partial charge in [0, 0.05) is 18.8 Å². The van der Waals surface area contributed by atoms with Crippen LogP contribution < -0.4 is 0 Å². The fraction of sp³-hybridized carbons (Fsp3) is 0.0417. The fourth-order valence-corrected chi connectivity index (χ4v) is 3.50. The van der Waals surface area contributed by atoms with E-state index in [0.29, 0.717) is 22.9 Å². The molecule has 30 heavy (non-hydrogen) atoms. The average Bonchev–Trinajstić information content (AvgIpc) is 3.52. The van der Waals surface area contributed by atoms with Crippen molar-refractivity contribution in [3.8, 4) is 23.2 Å². The minimum Gasteiger partial charge on any atom is -0.463 e. The maximum Gasteiger partial charge on any atom is 0.154 e. The highest BCUT2D eigenvalue weighted by atomic mass is 16.3. The molecule has 0 unspecified atom stereocenters. The van der Waals surface area contributed by atoms with Crippen LogP contribution in [0.3, 0.4) is 0 Å². The number of imidazole rings is 1. The zero-order chi connectivity index (χ0) is 20.5. The molecule has 0 N–H and O–H groups in total. The molecule has 0 atom stereocenters. The largest absolute Gasteiger partial charge is 0.463 e. The average molecular weight is 391 g/mol. The van der Waals surface area contributed by atoms with E-state index in [1.807, 2.05) is 90.6 Å². The molecule has 2 aromatic carbocycles. The first kappa shape index (κ1) is 17.7. The van der Waals surface area contributed by atoms with Crippen molar-refractivity contribution in [1.82, 2.24) is 19.3 Å². The molecule has 5 aromatic rings. The number of allylic oxidation sites excluding steroid dienone is 1. The Balaban J connectivity index is 1.68. The number of hydrogen-bond acceptors (Lipinski definition) is 4. The van der Waals surface area contributed by atoms with Crippen LogP contribution in [-0.2, 0) is 7.05 Å². The SMILES string of the molecule is Cn1c(/C(C#N)=C/c2cn(-c3ccccc3)nc2-c2ccco2)nc2ccccc21. The zero-order valence-corrected chi connectivity index (χ0v) is 16.2. The van der Waals surface area contributed by atoms with E-state index in [9.17, 15) is 5.26 Å². The predicted octanol–water partition coefficient (Wildman–Crippen LogP) is 5.08. The number of aromatic nitrogens is 4. The molecule has 6 heteroatoms. The summed E-state index contributed by atoms with van der Waals surface area (Å²) in [5, 5.41) is 14.6. The van der Waals surface area contributed by atoms with Crippen molar-refractivity contribution in [2.45, 2.75) is 0 Å². The van der Waals surface area contributed by atoms with Crippen LogP contribution in [0, 0.1) is 11.3 Å². The topological polar surface area (TPSA) is 72.6 Å². The Kier molecular flexibility index (Phi) is 4.26. The molecule has 3 aromatic heterocycles. The van der Waals surface area contributed by atoms with Crippen molar-refractivity contribution < 1.29 is 4.42 Å². The molecule has 144 valence electrons. The summed E-state index contributed by atoms with van der Waals surface area (Å²) < 4.78 is 9.31. The van der Waals surface area contributed by atoms with Gasteiger partial charge in [-0.25, -0.2) is 9.67 Å². The minimum absolute atomic E-state index is 0.453. The van der Waals surface area contributed by atoms with Gasteiger partial charge in [-0.2, -0.15) is 10.4 Å². The van der Waals surface area contributed by atoms with Crippen LogP contribution in [0.2, 0.25) is 0 Å².